The summed E-state index contributed by atoms with van der Waals surface area (Å²) in [6, 6.07) is 11.4. The summed E-state index contributed by atoms with van der Waals surface area (Å²) in [5, 5.41) is 3.00. The van der Waals surface area contributed by atoms with Crippen LogP contribution in [0, 0.1) is 11.6 Å². The van der Waals surface area contributed by atoms with E-state index >= 15 is 0 Å². The molecule has 0 amide bonds. The highest BCUT2D eigenvalue weighted by atomic mass is 19.1. The Balaban J connectivity index is 2.18. The maximum atomic E-state index is 13.6. The summed E-state index contributed by atoms with van der Waals surface area (Å²) in [6.07, 6.45) is 0. The molecule has 0 saturated carbocycles. The maximum Gasteiger partial charge on any atom is 0.125 e. The quantitative estimate of drug-likeness (QED) is 0.901. The molecule has 0 fully saturated rings. The molecule has 0 unspecified atom stereocenters. The predicted octanol–water partition coefficient (Wildman–Crippen LogP) is 3.32. The molecule has 106 valence electrons. The molecule has 0 atom stereocenters. The van der Waals surface area contributed by atoms with Gasteiger partial charge in [0.05, 0.1) is 0 Å². The van der Waals surface area contributed by atoms with Crippen molar-refractivity contribution in [2.75, 3.05) is 19.0 Å². The van der Waals surface area contributed by atoms with Crippen LogP contribution in [0.25, 0.3) is 0 Å². The van der Waals surface area contributed by atoms with E-state index in [4.69, 9.17) is 0 Å². The van der Waals surface area contributed by atoms with Gasteiger partial charge < -0.3 is 10.2 Å². The van der Waals surface area contributed by atoms with Crippen molar-refractivity contribution in [3.8, 4) is 0 Å². The van der Waals surface area contributed by atoms with Gasteiger partial charge in [-0.3, -0.25) is 0 Å². The van der Waals surface area contributed by atoms with Crippen LogP contribution < -0.4 is 10.2 Å². The van der Waals surface area contributed by atoms with Crippen LogP contribution in [0.5, 0.6) is 0 Å². The highest BCUT2D eigenvalue weighted by Crippen LogP contribution is 2.20. The fourth-order valence-corrected chi connectivity index (χ4v) is 2.16. The lowest BCUT2D eigenvalue weighted by molar-refractivity contribution is 0.621. The second-order valence-corrected chi connectivity index (χ2v) is 4.83. The molecule has 2 aromatic rings. The van der Waals surface area contributed by atoms with Crippen molar-refractivity contribution in [3.05, 3.63) is 65.2 Å². The fraction of sp³-hybridized carbons (Fsp3) is 0.250. The van der Waals surface area contributed by atoms with Crippen molar-refractivity contribution in [1.29, 1.82) is 0 Å². The molecule has 0 radical (unpaired) electrons. The Bertz CT molecular complexity index is 584. The molecule has 0 bridgehead atoms. The second kappa shape index (κ2) is 6.48. The first-order valence-electron chi connectivity index (χ1n) is 6.48. The van der Waals surface area contributed by atoms with Gasteiger partial charge in [-0.1, -0.05) is 12.1 Å². The lowest BCUT2D eigenvalue weighted by Gasteiger charge is -2.20. The zero-order chi connectivity index (χ0) is 14.5. The molecule has 0 aliphatic carbocycles. The zero-order valence-electron chi connectivity index (χ0n) is 11.7. The number of nitrogens with zero attached hydrogens (tertiary/aromatic N) is 1. The molecular formula is C16H18F2N2. The minimum Gasteiger partial charge on any atom is -0.370 e. The molecule has 20 heavy (non-hydrogen) atoms. The van der Waals surface area contributed by atoms with Gasteiger partial charge >= 0.3 is 0 Å². The van der Waals surface area contributed by atoms with E-state index in [9.17, 15) is 8.78 Å². The van der Waals surface area contributed by atoms with Crippen LogP contribution in [-0.2, 0) is 13.1 Å². The lowest BCUT2D eigenvalue weighted by atomic mass is 10.1. The van der Waals surface area contributed by atoms with Gasteiger partial charge in [0.15, 0.2) is 0 Å². The van der Waals surface area contributed by atoms with Gasteiger partial charge in [0.2, 0.25) is 0 Å². The van der Waals surface area contributed by atoms with Crippen LogP contribution in [0.4, 0.5) is 14.5 Å². The summed E-state index contributed by atoms with van der Waals surface area (Å²) in [7, 11) is 3.68. The number of nitrogens with one attached hydrogen (secondary N) is 1. The first-order chi connectivity index (χ1) is 9.58. The SMILES string of the molecule is CNCc1cc(F)cc(N(C)Cc2cccc(F)c2)c1. The summed E-state index contributed by atoms with van der Waals surface area (Å²) in [6.45, 7) is 1.14. The van der Waals surface area contributed by atoms with Crippen LogP contribution >= 0.6 is 0 Å². The Morgan fingerprint density at radius 2 is 1.75 bits per heavy atom. The van der Waals surface area contributed by atoms with E-state index in [1.54, 1.807) is 6.07 Å². The monoisotopic (exact) mass is 276 g/mol. The minimum absolute atomic E-state index is 0.258. The van der Waals surface area contributed by atoms with Gasteiger partial charge in [0, 0.05) is 25.8 Å². The minimum atomic E-state index is -0.265. The average Bonchev–Trinajstić information content (AvgIpc) is 2.38. The van der Waals surface area contributed by atoms with Gasteiger partial charge in [-0.05, 0) is 48.5 Å². The molecule has 0 heterocycles. The van der Waals surface area contributed by atoms with Gasteiger partial charge in [-0.15, -0.1) is 0 Å². The number of hydrogen-bond donors (Lipinski definition) is 1. The van der Waals surface area contributed by atoms with Crippen LogP contribution in [0.2, 0.25) is 0 Å². The van der Waals surface area contributed by atoms with Crippen molar-refractivity contribution in [1.82, 2.24) is 5.32 Å². The normalized spacial score (nSPS) is 10.6. The molecule has 0 aromatic heterocycles. The lowest BCUT2D eigenvalue weighted by Crippen LogP contribution is -2.17. The number of hydrogen-bond acceptors (Lipinski definition) is 2. The van der Waals surface area contributed by atoms with Gasteiger partial charge in [-0.25, -0.2) is 8.78 Å². The largest absolute Gasteiger partial charge is 0.370 e. The Morgan fingerprint density at radius 3 is 2.45 bits per heavy atom. The Hall–Kier alpha value is -1.94. The van der Waals surface area contributed by atoms with Crippen LogP contribution in [0.3, 0.4) is 0 Å². The van der Waals surface area contributed by atoms with E-state index in [2.05, 4.69) is 5.32 Å². The van der Waals surface area contributed by atoms with E-state index in [0.717, 1.165) is 16.8 Å². The Morgan fingerprint density at radius 1 is 1.00 bits per heavy atom. The highest BCUT2D eigenvalue weighted by molar-refractivity contribution is 5.49. The standard InChI is InChI=1S/C16H18F2N2/c1-19-10-13-7-15(18)9-16(8-13)20(2)11-12-4-3-5-14(17)6-12/h3-9,19H,10-11H2,1-2H3. The van der Waals surface area contributed by atoms with E-state index in [1.807, 2.05) is 31.1 Å². The van der Waals surface area contributed by atoms with Gasteiger partial charge in [-0.2, -0.15) is 0 Å². The van der Waals surface area contributed by atoms with E-state index in [0.29, 0.717) is 13.1 Å². The maximum absolute atomic E-state index is 13.6. The molecule has 2 nitrogen and oxygen atoms in total. The first kappa shape index (κ1) is 14.5. The van der Waals surface area contributed by atoms with Crippen LogP contribution in [0.15, 0.2) is 42.5 Å². The summed E-state index contributed by atoms with van der Waals surface area (Å²) in [4.78, 5) is 1.90. The summed E-state index contributed by atoms with van der Waals surface area (Å²) >= 11 is 0. The molecular weight excluding hydrogens is 258 g/mol. The Labute approximate surface area is 118 Å². The smallest absolute Gasteiger partial charge is 0.125 e. The molecule has 2 aromatic carbocycles. The van der Waals surface area contributed by atoms with Crippen molar-refractivity contribution in [2.45, 2.75) is 13.1 Å². The molecule has 4 heteroatoms. The third-order valence-corrected chi connectivity index (χ3v) is 3.07. The highest BCUT2D eigenvalue weighted by Gasteiger charge is 2.06. The summed E-state index contributed by atoms with van der Waals surface area (Å²) in [5.74, 6) is -0.523. The third-order valence-electron chi connectivity index (χ3n) is 3.07. The number of benzene rings is 2. The predicted molar refractivity (Wildman–Crippen MR) is 77.7 cm³/mol. The molecule has 0 saturated heterocycles. The second-order valence-electron chi connectivity index (χ2n) is 4.83. The molecule has 0 spiro atoms. The van der Waals surface area contributed by atoms with Crippen LogP contribution in [0.1, 0.15) is 11.1 Å². The molecule has 1 N–H and O–H groups in total. The van der Waals surface area contributed by atoms with Crippen LogP contribution in [-0.4, -0.2) is 14.1 Å². The average molecular weight is 276 g/mol. The number of anilines is 1. The first-order valence-corrected chi connectivity index (χ1v) is 6.48. The third kappa shape index (κ3) is 3.78. The van der Waals surface area contributed by atoms with E-state index in [1.165, 1.54) is 24.3 Å². The van der Waals surface area contributed by atoms with E-state index < -0.39 is 0 Å². The topological polar surface area (TPSA) is 15.3 Å². The summed E-state index contributed by atoms with van der Waals surface area (Å²) in [5.41, 5.74) is 2.51. The molecule has 0 aliphatic rings. The molecule has 0 aliphatic heterocycles. The zero-order valence-corrected chi connectivity index (χ0v) is 11.7. The van der Waals surface area contributed by atoms with Crippen molar-refractivity contribution in [3.63, 3.8) is 0 Å². The van der Waals surface area contributed by atoms with E-state index in [-0.39, 0.29) is 11.6 Å². The van der Waals surface area contributed by atoms with Gasteiger partial charge in [0.25, 0.3) is 0 Å². The van der Waals surface area contributed by atoms with Crippen molar-refractivity contribution >= 4 is 5.69 Å². The fourth-order valence-electron chi connectivity index (χ4n) is 2.16. The van der Waals surface area contributed by atoms with Gasteiger partial charge in [0.1, 0.15) is 11.6 Å². The van der Waals surface area contributed by atoms with Crippen molar-refractivity contribution < 1.29 is 8.78 Å². The summed E-state index contributed by atoms with van der Waals surface area (Å²) < 4.78 is 26.8. The molecule has 2 rings (SSSR count). The van der Waals surface area contributed by atoms with Crippen molar-refractivity contribution in [2.24, 2.45) is 0 Å². The number of rotatable bonds is 5. The number of halogens is 2. The Kier molecular flexibility index (Phi) is 4.69.